The minimum atomic E-state index is 0.0348. The minimum absolute atomic E-state index is 0.0348. The Labute approximate surface area is 111 Å². The van der Waals surface area contributed by atoms with E-state index in [4.69, 9.17) is 0 Å². The van der Waals surface area contributed by atoms with Crippen molar-refractivity contribution in [1.29, 1.82) is 0 Å². The molecule has 0 aliphatic carbocycles. The summed E-state index contributed by atoms with van der Waals surface area (Å²) in [6.07, 6.45) is 0. The van der Waals surface area contributed by atoms with Gasteiger partial charge in [-0.1, -0.05) is 32.9 Å². The summed E-state index contributed by atoms with van der Waals surface area (Å²) in [4.78, 5) is 16.1. The van der Waals surface area contributed by atoms with Crippen molar-refractivity contribution in [2.45, 2.75) is 26.7 Å². The van der Waals surface area contributed by atoms with E-state index in [2.05, 4.69) is 23.3 Å². The van der Waals surface area contributed by atoms with Crippen LogP contribution in [0.3, 0.4) is 0 Å². The largest absolute Gasteiger partial charge is 0.355 e. The Kier molecular flexibility index (Phi) is 3.97. The number of para-hydroxylation sites is 1. The lowest BCUT2D eigenvalue weighted by atomic mass is 10.1. The van der Waals surface area contributed by atoms with Gasteiger partial charge < -0.3 is 5.32 Å². The standard InChI is InChI=1S/C14H18N2OS/c1-9(2)13(17)15-8-10(3)14-16-11-6-4-5-7-12(11)18-14/h4-7,9-10H,8H2,1-3H3,(H,15,17). The van der Waals surface area contributed by atoms with E-state index in [0.717, 1.165) is 10.5 Å². The average Bonchev–Trinajstić information content (AvgIpc) is 2.79. The van der Waals surface area contributed by atoms with E-state index in [-0.39, 0.29) is 17.7 Å². The molecule has 1 N–H and O–H groups in total. The Morgan fingerprint density at radius 2 is 2.06 bits per heavy atom. The fourth-order valence-corrected chi connectivity index (χ4v) is 2.66. The van der Waals surface area contributed by atoms with Crippen LogP contribution in [0.15, 0.2) is 24.3 Å². The summed E-state index contributed by atoms with van der Waals surface area (Å²) < 4.78 is 1.20. The van der Waals surface area contributed by atoms with Crippen molar-refractivity contribution in [2.24, 2.45) is 5.92 Å². The zero-order valence-corrected chi connectivity index (χ0v) is 11.8. The molecule has 18 heavy (non-hydrogen) atoms. The van der Waals surface area contributed by atoms with Gasteiger partial charge in [0.25, 0.3) is 0 Å². The maximum absolute atomic E-state index is 11.5. The number of nitrogens with zero attached hydrogens (tertiary/aromatic N) is 1. The third kappa shape index (κ3) is 2.88. The van der Waals surface area contributed by atoms with Crippen LogP contribution in [0.5, 0.6) is 0 Å². The quantitative estimate of drug-likeness (QED) is 0.919. The number of aromatic nitrogens is 1. The number of carbonyl (C=O) groups is 1. The number of nitrogens with one attached hydrogen (secondary N) is 1. The smallest absolute Gasteiger partial charge is 0.222 e. The Morgan fingerprint density at radius 1 is 1.33 bits per heavy atom. The van der Waals surface area contributed by atoms with Crippen molar-refractivity contribution in [3.63, 3.8) is 0 Å². The summed E-state index contributed by atoms with van der Waals surface area (Å²) in [5, 5.41) is 4.04. The molecule has 0 aliphatic heterocycles. The monoisotopic (exact) mass is 262 g/mol. The van der Waals surface area contributed by atoms with Gasteiger partial charge in [-0.05, 0) is 12.1 Å². The molecule has 1 aromatic carbocycles. The highest BCUT2D eigenvalue weighted by molar-refractivity contribution is 7.18. The van der Waals surface area contributed by atoms with Crippen LogP contribution in [0.1, 0.15) is 31.7 Å². The second-order valence-corrected chi connectivity index (χ2v) is 5.88. The van der Waals surface area contributed by atoms with Crippen molar-refractivity contribution < 1.29 is 4.79 Å². The molecule has 0 saturated carbocycles. The first kappa shape index (κ1) is 13.0. The predicted molar refractivity (Wildman–Crippen MR) is 75.9 cm³/mol. The van der Waals surface area contributed by atoms with Crippen molar-refractivity contribution in [2.75, 3.05) is 6.54 Å². The highest BCUT2D eigenvalue weighted by Crippen LogP contribution is 2.26. The molecule has 1 unspecified atom stereocenters. The third-order valence-electron chi connectivity index (χ3n) is 2.84. The molecule has 1 aromatic heterocycles. The summed E-state index contributed by atoms with van der Waals surface area (Å²) in [5.74, 6) is 0.389. The van der Waals surface area contributed by atoms with Gasteiger partial charge in [-0.3, -0.25) is 4.79 Å². The van der Waals surface area contributed by atoms with Crippen LogP contribution in [0.25, 0.3) is 10.2 Å². The molecule has 0 bridgehead atoms. The zero-order valence-electron chi connectivity index (χ0n) is 10.9. The summed E-state index contributed by atoms with van der Waals surface area (Å²) in [6, 6.07) is 8.12. The fraction of sp³-hybridized carbons (Fsp3) is 0.429. The molecule has 0 spiro atoms. The van der Waals surface area contributed by atoms with Gasteiger partial charge in [0.15, 0.2) is 0 Å². The van der Waals surface area contributed by atoms with Crippen LogP contribution in [0, 0.1) is 5.92 Å². The maximum Gasteiger partial charge on any atom is 0.222 e. The number of hydrogen-bond acceptors (Lipinski definition) is 3. The number of amides is 1. The molecule has 4 heteroatoms. The topological polar surface area (TPSA) is 42.0 Å². The zero-order chi connectivity index (χ0) is 13.1. The lowest BCUT2D eigenvalue weighted by molar-refractivity contribution is -0.124. The van der Waals surface area contributed by atoms with Crippen LogP contribution in [0.2, 0.25) is 0 Å². The number of carbonyl (C=O) groups excluding carboxylic acids is 1. The summed E-state index contributed by atoms with van der Waals surface area (Å²) in [7, 11) is 0. The first-order valence-electron chi connectivity index (χ1n) is 6.21. The van der Waals surface area contributed by atoms with Crippen molar-refractivity contribution in [1.82, 2.24) is 10.3 Å². The molecular weight excluding hydrogens is 244 g/mol. The number of hydrogen-bond donors (Lipinski definition) is 1. The Bertz CT molecular complexity index is 514. The van der Waals surface area contributed by atoms with E-state index in [1.165, 1.54) is 4.70 Å². The van der Waals surface area contributed by atoms with Gasteiger partial charge >= 0.3 is 0 Å². The molecule has 0 saturated heterocycles. The van der Waals surface area contributed by atoms with Gasteiger partial charge in [-0.15, -0.1) is 11.3 Å². The average molecular weight is 262 g/mol. The maximum atomic E-state index is 11.5. The first-order valence-corrected chi connectivity index (χ1v) is 7.02. The van der Waals surface area contributed by atoms with Crippen LogP contribution in [-0.2, 0) is 4.79 Å². The molecule has 3 nitrogen and oxygen atoms in total. The first-order chi connectivity index (χ1) is 8.58. The normalized spacial score (nSPS) is 12.9. The van der Waals surface area contributed by atoms with Gasteiger partial charge in [0.2, 0.25) is 5.91 Å². The van der Waals surface area contributed by atoms with Gasteiger partial charge in [-0.25, -0.2) is 4.98 Å². The Hall–Kier alpha value is -1.42. The lowest BCUT2D eigenvalue weighted by Crippen LogP contribution is -2.30. The third-order valence-corrected chi connectivity index (χ3v) is 4.11. The van der Waals surface area contributed by atoms with Gasteiger partial charge in [0.1, 0.15) is 0 Å². The molecule has 96 valence electrons. The molecule has 1 atom stereocenters. The van der Waals surface area contributed by atoms with Crippen molar-refractivity contribution in [3.8, 4) is 0 Å². The Balaban J connectivity index is 2.04. The number of benzene rings is 1. The summed E-state index contributed by atoms with van der Waals surface area (Å²) in [5.41, 5.74) is 1.04. The van der Waals surface area contributed by atoms with Gasteiger partial charge in [0, 0.05) is 18.4 Å². The van der Waals surface area contributed by atoms with Crippen LogP contribution in [-0.4, -0.2) is 17.4 Å². The van der Waals surface area contributed by atoms with Crippen molar-refractivity contribution >= 4 is 27.5 Å². The van der Waals surface area contributed by atoms with Crippen LogP contribution >= 0.6 is 11.3 Å². The molecule has 0 radical (unpaired) electrons. The Morgan fingerprint density at radius 3 is 2.72 bits per heavy atom. The molecular formula is C14H18N2OS. The van der Waals surface area contributed by atoms with E-state index in [1.807, 2.05) is 32.0 Å². The minimum Gasteiger partial charge on any atom is -0.355 e. The summed E-state index contributed by atoms with van der Waals surface area (Å²) in [6.45, 7) is 6.55. The lowest BCUT2D eigenvalue weighted by Gasteiger charge is -2.11. The highest BCUT2D eigenvalue weighted by atomic mass is 32.1. The molecule has 1 amide bonds. The molecule has 0 fully saturated rings. The van der Waals surface area contributed by atoms with E-state index >= 15 is 0 Å². The van der Waals surface area contributed by atoms with Crippen LogP contribution < -0.4 is 5.32 Å². The van der Waals surface area contributed by atoms with E-state index in [0.29, 0.717) is 6.54 Å². The fourth-order valence-electron chi connectivity index (χ4n) is 1.65. The predicted octanol–water partition coefficient (Wildman–Crippen LogP) is 3.17. The highest BCUT2D eigenvalue weighted by Gasteiger charge is 2.13. The van der Waals surface area contributed by atoms with Crippen molar-refractivity contribution in [3.05, 3.63) is 29.3 Å². The molecule has 1 heterocycles. The SMILES string of the molecule is CC(C)C(=O)NCC(C)c1nc2ccccc2s1. The number of fused-ring (bicyclic) bond motifs is 1. The number of thiazole rings is 1. The molecule has 2 aromatic rings. The second-order valence-electron chi connectivity index (χ2n) is 4.82. The van der Waals surface area contributed by atoms with E-state index in [9.17, 15) is 4.79 Å². The van der Waals surface area contributed by atoms with E-state index in [1.54, 1.807) is 11.3 Å². The van der Waals surface area contributed by atoms with Crippen LogP contribution in [0.4, 0.5) is 0 Å². The number of rotatable bonds is 4. The molecule has 0 aliphatic rings. The van der Waals surface area contributed by atoms with Gasteiger partial charge in [0.05, 0.1) is 15.2 Å². The summed E-state index contributed by atoms with van der Waals surface area (Å²) >= 11 is 1.70. The van der Waals surface area contributed by atoms with Gasteiger partial charge in [-0.2, -0.15) is 0 Å². The second kappa shape index (κ2) is 5.48. The molecule has 2 rings (SSSR count). The van der Waals surface area contributed by atoms with E-state index < -0.39 is 0 Å².